The van der Waals surface area contributed by atoms with Crippen LogP contribution in [-0.2, 0) is 9.59 Å². The highest BCUT2D eigenvalue weighted by Gasteiger charge is 2.61. The summed E-state index contributed by atoms with van der Waals surface area (Å²) in [6.45, 7) is 3.87. The van der Waals surface area contributed by atoms with Crippen molar-refractivity contribution >= 4 is 22.8 Å². The van der Waals surface area contributed by atoms with Crippen molar-refractivity contribution in [3.63, 3.8) is 0 Å². The molecular weight excluding hydrogens is 200 g/mol. The molecule has 4 heteroatoms. The molecule has 1 saturated carbocycles. The lowest BCUT2D eigenvalue weighted by atomic mass is 10.1. The maximum absolute atomic E-state index is 11.0. The predicted molar refractivity (Wildman–Crippen MR) is 53.9 cm³/mol. The van der Waals surface area contributed by atoms with Gasteiger partial charge in [-0.05, 0) is 11.3 Å². The molecule has 0 bridgehead atoms. The van der Waals surface area contributed by atoms with Crippen LogP contribution in [0.15, 0.2) is 11.6 Å². The summed E-state index contributed by atoms with van der Waals surface area (Å²) in [6, 6.07) is 0. The Balaban J connectivity index is 2.12. The molecule has 0 radical (unpaired) electrons. The van der Waals surface area contributed by atoms with E-state index in [1.165, 1.54) is 11.8 Å². The first-order chi connectivity index (χ1) is 6.44. The molecule has 3 nitrogen and oxygen atoms in total. The summed E-state index contributed by atoms with van der Waals surface area (Å²) in [4.78, 5) is 21.9. The first-order valence-corrected chi connectivity index (χ1v) is 5.54. The van der Waals surface area contributed by atoms with Crippen molar-refractivity contribution in [3.05, 3.63) is 11.6 Å². The number of carbonyl (C=O) groups excluding carboxylic acids is 1. The van der Waals surface area contributed by atoms with Gasteiger partial charge in [0.25, 0.3) is 0 Å². The second-order valence-corrected chi connectivity index (χ2v) is 5.38. The van der Waals surface area contributed by atoms with E-state index in [9.17, 15) is 9.59 Å². The minimum absolute atomic E-state index is 0.0415. The number of carboxylic acid groups (broad SMARTS) is 1. The fraction of sp³-hybridized carbons (Fsp3) is 0.600. The smallest absolute Gasteiger partial charge is 0.307 e. The zero-order valence-corrected chi connectivity index (χ0v) is 8.93. The third kappa shape index (κ3) is 1.29. The highest BCUT2D eigenvalue weighted by atomic mass is 32.2. The van der Waals surface area contributed by atoms with Gasteiger partial charge in [-0.3, -0.25) is 9.59 Å². The van der Waals surface area contributed by atoms with Crippen LogP contribution in [0.5, 0.6) is 0 Å². The topological polar surface area (TPSA) is 54.4 Å². The third-order valence-corrected chi connectivity index (χ3v) is 4.16. The van der Waals surface area contributed by atoms with E-state index in [1.807, 2.05) is 19.9 Å². The summed E-state index contributed by atoms with van der Waals surface area (Å²) in [5.74, 6) is -0.276. The molecule has 2 fully saturated rings. The number of hydrogen-bond acceptors (Lipinski definition) is 3. The Labute approximate surface area is 86.6 Å². The van der Waals surface area contributed by atoms with Crippen LogP contribution in [0.1, 0.15) is 13.8 Å². The summed E-state index contributed by atoms with van der Waals surface area (Å²) in [6.07, 6.45) is 1.86. The van der Waals surface area contributed by atoms with Crippen molar-refractivity contribution in [2.75, 3.05) is 5.75 Å². The molecule has 0 spiro atoms. The van der Waals surface area contributed by atoms with Gasteiger partial charge < -0.3 is 5.11 Å². The highest BCUT2D eigenvalue weighted by Crippen LogP contribution is 2.59. The van der Waals surface area contributed by atoms with Crippen LogP contribution in [-0.4, -0.2) is 21.9 Å². The zero-order valence-electron chi connectivity index (χ0n) is 8.11. The van der Waals surface area contributed by atoms with Gasteiger partial charge in [-0.25, -0.2) is 0 Å². The molecule has 1 N–H and O–H groups in total. The molecule has 1 saturated heterocycles. The molecule has 0 aromatic rings. The zero-order chi connectivity index (χ0) is 10.5. The van der Waals surface area contributed by atoms with E-state index in [2.05, 4.69) is 0 Å². The fourth-order valence-corrected chi connectivity index (χ4v) is 2.60. The van der Waals surface area contributed by atoms with Crippen molar-refractivity contribution < 1.29 is 14.7 Å². The van der Waals surface area contributed by atoms with Gasteiger partial charge in [-0.2, -0.15) is 0 Å². The van der Waals surface area contributed by atoms with Gasteiger partial charge in [-0.15, -0.1) is 0 Å². The number of carboxylic acids is 1. The summed E-state index contributed by atoms with van der Waals surface area (Å²) in [7, 11) is 0. The Bertz CT molecular complexity index is 343. The lowest BCUT2D eigenvalue weighted by molar-refractivity contribution is -0.139. The summed E-state index contributed by atoms with van der Waals surface area (Å²) < 4.78 is 0. The van der Waals surface area contributed by atoms with Crippen LogP contribution < -0.4 is 0 Å². The van der Waals surface area contributed by atoms with E-state index in [0.29, 0.717) is 0 Å². The van der Waals surface area contributed by atoms with E-state index in [-0.39, 0.29) is 22.4 Å². The molecule has 0 aromatic carbocycles. The number of allylic oxidation sites excluding steroid dienone is 1. The van der Waals surface area contributed by atoms with Crippen molar-refractivity contribution in [2.45, 2.75) is 13.8 Å². The molecule has 76 valence electrons. The van der Waals surface area contributed by atoms with Gasteiger partial charge in [0.1, 0.15) is 0 Å². The quantitative estimate of drug-likeness (QED) is 0.705. The number of rotatable bonds is 2. The average molecular weight is 212 g/mol. The van der Waals surface area contributed by atoms with E-state index in [0.717, 1.165) is 11.3 Å². The van der Waals surface area contributed by atoms with Gasteiger partial charge in [0.15, 0.2) is 0 Å². The lowest BCUT2D eigenvalue weighted by Gasteiger charge is -2.13. The predicted octanol–water partition coefficient (Wildman–Crippen LogP) is 1.54. The molecule has 1 aliphatic heterocycles. The molecule has 0 amide bonds. The molecule has 0 aromatic heterocycles. The van der Waals surface area contributed by atoms with Crippen molar-refractivity contribution in [3.8, 4) is 0 Å². The highest BCUT2D eigenvalue weighted by molar-refractivity contribution is 8.16. The van der Waals surface area contributed by atoms with Gasteiger partial charge in [-0.1, -0.05) is 31.7 Å². The maximum atomic E-state index is 11.0. The van der Waals surface area contributed by atoms with Crippen LogP contribution in [0.3, 0.4) is 0 Å². The molecule has 1 heterocycles. The van der Waals surface area contributed by atoms with Gasteiger partial charge in [0, 0.05) is 11.3 Å². The first kappa shape index (κ1) is 9.77. The van der Waals surface area contributed by atoms with E-state index >= 15 is 0 Å². The monoisotopic (exact) mass is 212 g/mol. The Morgan fingerprint density at radius 1 is 1.64 bits per heavy atom. The summed E-state index contributed by atoms with van der Waals surface area (Å²) in [5.41, 5.74) is 0.621. The Kier molecular flexibility index (Phi) is 2.00. The summed E-state index contributed by atoms with van der Waals surface area (Å²) in [5, 5.41) is 9.02. The largest absolute Gasteiger partial charge is 0.481 e. The fourth-order valence-electron chi connectivity index (χ4n) is 2.01. The Hall–Kier alpha value is -0.770. The second-order valence-electron chi connectivity index (χ2n) is 4.43. The molecule has 1 aliphatic carbocycles. The van der Waals surface area contributed by atoms with Gasteiger partial charge in [0.05, 0.1) is 5.92 Å². The minimum Gasteiger partial charge on any atom is -0.481 e. The molecule has 2 aliphatic rings. The minimum atomic E-state index is -0.753. The number of hydrogen-bond donors (Lipinski definition) is 1. The molecule has 0 unspecified atom stereocenters. The van der Waals surface area contributed by atoms with Gasteiger partial charge >= 0.3 is 5.97 Å². The lowest BCUT2D eigenvalue weighted by Crippen LogP contribution is -2.13. The average Bonchev–Trinajstić information content (AvgIpc) is 2.61. The van der Waals surface area contributed by atoms with Crippen LogP contribution in [0.2, 0.25) is 0 Å². The molecule has 14 heavy (non-hydrogen) atoms. The molecular formula is C10H12O3S. The van der Waals surface area contributed by atoms with E-state index in [4.69, 9.17) is 5.11 Å². The van der Waals surface area contributed by atoms with Crippen LogP contribution >= 0.6 is 11.8 Å². The van der Waals surface area contributed by atoms with Crippen molar-refractivity contribution in [1.29, 1.82) is 0 Å². The van der Waals surface area contributed by atoms with Crippen LogP contribution in [0.4, 0.5) is 0 Å². The van der Waals surface area contributed by atoms with Crippen molar-refractivity contribution in [2.24, 2.45) is 17.3 Å². The molecule has 2 rings (SSSR count). The Morgan fingerprint density at radius 3 is 2.57 bits per heavy atom. The summed E-state index contributed by atoms with van der Waals surface area (Å²) >= 11 is 1.29. The number of aliphatic carboxylic acids is 1. The molecule has 2 atom stereocenters. The third-order valence-electron chi connectivity index (χ3n) is 3.18. The van der Waals surface area contributed by atoms with Gasteiger partial charge in [0.2, 0.25) is 5.12 Å². The van der Waals surface area contributed by atoms with Crippen molar-refractivity contribution in [1.82, 2.24) is 0 Å². The Morgan fingerprint density at radius 2 is 2.29 bits per heavy atom. The number of carbonyl (C=O) groups is 2. The first-order valence-electron chi connectivity index (χ1n) is 4.55. The van der Waals surface area contributed by atoms with Crippen LogP contribution in [0, 0.1) is 17.3 Å². The van der Waals surface area contributed by atoms with E-state index in [1.54, 1.807) is 0 Å². The SMILES string of the molecule is CC1(C)[C@H](C(=O)O)[C@@H]1C=C1CSC1=O. The van der Waals surface area contributed by atoms with Crippen LogP contribution in [0.25, 0.3) is 0 Å². The normalized spacial score (nSPS) is 36.7. The number of thioether (sulfide) groups is 1. The van der Waals surface area contributed by atoms with E-state index < -0.39 is 5.97 Å². The maximum Gasteiger partial charge on any atom is 0.307 e. The second kappa shape index (κ2) is 2.86. The standard InChI is InChI=1S/C10H12O3S/c1-10(2)6(7(10)8(11)12)3-5-4-14-9(5)13/h3,6-7H,4H2,1-2H3,(H,11,12)/t6-,7-/m0/s1.